The number of unbranched alkanes of at least 4 members (excludes halogenated alkanes) is 1. The van der Waals surface area contributed by atoms with Crippen LogP contribution in [0.3, 0.4) is 0 Å². The molecule has 1 aromatic carbocycles. The van der Waals surface area contributed by atoms with Crippen molar-refractivity contribution in [3.05, 3.63) is 40.8 Å². The van der Waals surface area contributed by atoms with Gasteiger partial charge in [0.15, 0.2) is 11.7 Å². The molecule has 8 heteroatoms. The Kier molecular flexibility index (Phi) is 11.8. The first-order valence-electron chi connectivity index (χ1n) is 7.37. The lowest BCUT2D eigenvalue weighted by atomic mass is 10.2. The van der Waals surface area contributed by atoms with Gasteiger partial charge in [-0.1, -0.05) is 34.1 Å². The average Bonchev–Trinajstić information content (AvgIpc) is 2.99. The Morgan fingerprint density at radius 2 is 2.00 bits per heavy atom. The molecule has 24 heavy (non-hydrogen) atoms. The molecule has 0 saturated heterocycles. The summed E-state index contributed by atoms with van der Waals surface area (Å²) in [7, 11) is 0. The van der Waals surface area contributed by atoms with Crippen LogP contribution >= 0.6 is 40.7 Å². The zero-order valence-electron chi connectivity index (χ0n) is 13.2. The van der Waals surface area contributed by atoms with Crippen molar-refractivity contribution in [2.45, 2.75) is 25.7 Å². The molecule has 0 fully saturated rings. The summed E-state index contributed by atoms with van der Waals surface area (Å²) in [5.41, 5.74) is 6.36. The second-order valence-electron chi connectivity index (χ2n) is 4.94. The first kappa shape index (κ1) is 22.9. The Balaban J connectivity index is 0.00000264. The maximum absolute atomic E-state index is 11.7. The summed E-state index contributed by atoms with van der Waals surface area (Å²) < 4.78 is 6.66. The molecule has 0 atom stereocenters. The quantitative estimate of drug-likeness (QED) is 0.615. The minimum atomic E-state index is 0. The molecule has 3 N–H and O–H groups in total. The highest BCUT2D eigenvalue weighted by Gasteiger charge is 2.10. The minimum absolute atomic E-state index is 0. The summed E-state index contributed by atoms with van der Waals surface area (Å²) in [5, 5.41) is 2.86. The van der Waals surface area contributed by atoms with Crippen LogP contribution in [0.25, 0.3) is 11.3 Å². The molecule has 2 rings (SSSR count). The van der Waals surface area contributed by atoms with E-state index in [0.29, 0.717) is 37.6 Å². The van der Waals surface area contributed by atoms with Crippen LogP contribution in [-0.2, 0) is 11.2 Å². The number of hydrogen-bond acceptors (Lipinski definition) is 4. The maximum Gasteiger partial charge on any atom is 0.220 e. The first-order chi connectivity index (χ1) is 10.7. The van der Waals surface area contributed by atoms with E-state index in [1.54, 1.807) is 6.20 Å². The van der Waals surface area contributed by atoms with Gasteiger partial charge in [-0.05, 0) is 25.5 Å². The topological polar surface area (TPSA) is 81.1 Å². The van der Waals surface area contributed by atoms with Gasteiger partial charge in [0.25, 0.3) is 0 Å². The van der Waals surface area contributed by atoms with Crippen molar-refractivity contribution in [3.63, 3.8) is 0 Å². The fourth-order valence-electron chi connectivity index (χ4n) is 2.02. The van der Waals surface area contributed by atoms with Crippen molar-refractivity contribution in [1.29, 1.82) is 0 Å². The molecule has 0 aliphatic carbocycles. The van der Waals surface area contributed by atoms with Gasteiger partial charge in [0.1, 0.15) is 0 Å². The number of nitrogens with zero attached hydrogens (tertiary/aromatic N) is 1. The predicted molar refractivity (Wildman–Crippen MR) is 104 cm³/mol. The minimum Gasteiger partial charge on any atom is -0.441 e. The molecule has 0 bridgehead atoms. The van der Waals surface area contributed by atoms with Crippen LogP contribution in [0.1, 0.15) is 25.2 Å². The Labute approximate surface area is 162 Å². The number of carbonyl (C=O) groups is 1. The highest BCUT2D eigenvalue weighted by atomic mass is 79.9. The van der Waals surface area contributed by atoms with Gasteiger partial charge in [-0.15, -0.1) is 24.8 Å². The maximum atomic E-state index is 11.7. The Morgan fingerprint density at radius 1 is 1.25 bits per heavy atom. The molecule has 0 aliphatic rings. The van der Waals surface area contributed by atoms with Crippen LogP contribution in [0.15, 0.2) is 39.4 Å². The van der Waals surface area contributed by atoms with Crippen molar-refractivity contribution in [3.8, 4) is 11.3 Å². The van der Waals surface area contributed by atoms with Crippen molar-refractivity contribution >= 4 is 46.7 Å². The van der Waals surface area contributed by atoms with E-state index in [4.69, 9.17) is 10.2 Å². The van der Waals surface area contributed by atoms with E-state index in [1.165, 1.54) is 0 Å². The lowest BCUT2D eigenvalue weighted by molar-refractivity contribution is -0.121. The number of nitrogens with two attached hydrogens (primary N) is 1. The van der Waals surface area contributed by atoms with Gasteiger partial charge in [0, 0.05) is 29.4 Å². The number of oxazole rings is 1. The molecular formula is C16H22BrCl2N3O2. The Morgan fingerprint density at radius 3 is 2.71 bits per heavy atom. The lowest BCUT2D eigenvalue weighted by Gasteiger charge is -2.03. The van der Waals surface area contributed by atoms with E-state index in [1.807, 2.05) is 24.3 Å². The smallest absolute Gasteiger partial charge is 0.220 e. The zero-order chi connectivity index (χ0) is 15.8. The molecule has 1 amide bonds. The SMILES string of the molecule is Cl.Cl.NCCCCNC(=O)CCc1ncc(-c2ccccc2Br)o1. The van der Waals surface area contributed by atoms with E-state index in [0.717, 1.165) is 22.9 Å². The zero-order valence-corrected chi connectivity index (χ0v) is 16.4. The van der Waals surface area contributed by atoms with Crippen LogP contribution in [-0.4, -0.2) is 24.0 Å². The van der Waals surface area contributed by atoms with E-state index in [2.05, 4.69) is 26.2 Å². The largest absolute Gasteiger partial charge is 0.441 e. The van der Waals surface area contributed by atoms with Crippen molar-refractivity contribution < 1.29 is 9.21 Å². The second kappa shape index (κ2) is 12.3. The number of aryl methyl sites for hydroxylation is 1. The number of carbonyl (C=O) groups excluding carboxylic acids is 1. The van der Waals surface area contributed by atoms with Gasteiger partial charge >= 0.3 is 0 Å². The number of amides is 1. The third-order valence-electron chi connectivity index (χ3n) is 3.21. The molecule has 1 heterocycles. The van der Waals surface area contributed by atoms with Crippen LogP contribution in [0.2, 0.25) is 0 Å². The Bertz CT molecular complexity index is 623. The molecule has 1 aromatic heterocycles. The number of rotatable bonds is 8. The Hall–Kier alpha value is -1.08. The highest BCUT2D eigenvalue weighted by Crippen LogP contribution is 2.28. The third-order valence-corrected chi connectivity index (χ3v) is 3.90. The summed E-state index contributed by atoms with van der Waals surface area (Å²) >= 11 is 3.48. The molecule has 0 spiro atoms. The highest BCUT2D eigenvalue weighted by molar-refractivity contribution is 9.10. The number of halogens is 3. The molecule has 134 valence electrons. The van der Waals surface area contributed by atoms with Gasteiger partial charge in [0.2, 0.25) is 5.91 Å². The van der Waals surface area contributed by atoms with Gasteiger partial charge in [-0.25, -0.2) is 4.98 Å². The van der Waals surface area contributed by atoms with Crippen LogP contribution < -0.4 is 11.1 Å². The lowest BCUT2D eigenvalue weighted by Crippen LogP contribution is -2.25. The van der Waals surface area contributed by atoms with Gasteiger partial charge < -0.3 is 15.5 Å². The van der Waals surface area contributed by atoms with Crippen molar-refractivity contribution in [2.24, 2.45) is 5.73 Å². The predicted octanol–water partition coefficient (Wildman–Crippen LogP) is 3.74. The van der Waals surface area contributed by atoms with Gasteiger partial charge in [-0.3, -0.25) is 4.79 Å². The van der Waals surface area contributed by atoms with E-state index >= 15 is 0 Å². The van der Waals surface area contributed by atoms with Crippen molar-refractivity contribution in [1.82, 2.24) is 10.3 Å². The summed E-state index contributed by atoms with van der Waals surface area (Å²) in [5.74, 6) is 1.28. The number of benzene rings is 1. The molecule has 5 nitrogen and oxygen atoms in total. The number of aromatic nitrogens is 1. The summed E-state index contributed by atoms with van der Waals surface area (Å²) in [6.07, 6.45) is 4.39. The molecule has 0 unspecified atom stereocenters. The molecule has 0 aliphatic heterocycles. The first-order valence-corrected chi connectivity index (χ1v) is 8.16. The van der Waals surface area contributed by atoms with Gasteiger partial charge in [0.05, 0.1) is 6.20 Å². The normalized spacial score (nSPS) is 9.75. The van der Waals surface area contributed by atoms with Crippen LogP contribution in [0.4, 0.5) is 0 Å². The molecule has 2 aromatic rings. The van der Waals surface area contributed by atoms with Crippen LogP contribution in [0.5, 0.6) is 0 Å². The molecule has 0 radical (unpaired) electrons. The summed E-state index contributed by atoms with van der Waals surface area (Å²) in [6, 6.07) is 7.79. The van der Waals surface area contributed by atoms with Gasteiger partial charge in [-0.2, -0.15) is 0 Å². The van der Waals surface area contributed by atoms with E-state index in [9.17, 15) is 4.79 Å². The monoisotopic (exact) mass is 437 g/mol. The standard InChI is InChI=1S/C16H20BrN3O2.2ClH/c17-13-6-2-1-5-12(13)14-11-20-16(22-14)8-7-15(21)19-10-4-3-9-18;;/h1-2,5-6,11H,3-4,7-10,18H2,(H,19,21);2*1H. The number of nitrogens with one attached hydrogen (secondary N) is 1. The molecular weight excluding hydrogens is 417 g/mol. The number of hydrogen-bond donors (Lipinski definition) is 2. The van der Waals surface area contributed by atoms with Crippen LogP contribution in [0, 0.1) is 0 Å². The fraction of sp³-hybridized carbons (Fsp3) is 0.375. The van der Waals surface area contributed by atoms with E-state index in [-0.39, 0.29) is 30.7 Å². The summed E-state index contributed by atoms with van der Waals surface area (Å²) in [6.45, 7) is 1.33. The average molecular weight is 439 g/mol. The summed E-state index contributed by atoms with van der Waals surface area (Å²) in [4.78, 5) is 15.9. The second-order valence-corrected chi connectivity index (χ2v) is 5.80. The fourth-order valence-corrected chi connectivity index (χ4v) is 2.50. The van der Waals surface area contributed by atoms with E-state index < -0.39 is 0 Å². The molecule has 0 saturated carbocycles. The van der Waals surface area contributed by atoms with Crippen molar-refractivity contribution in [2.75, 3.05) is 13.1 Å². The third kappa shape index (κ3) is 7.21.